The minimum atomic E-state index is -0.921. The Morgan fingerprint density at radius 3 is 2.56 bits per heavy atom. The third kappa shape index (κ3) is 2.00. The lowest BCUT2D eigenvalue weighted by Gasteiger charge is -2.06. The average molecular weight is 250 g/mol. The number of non-ortho nitro benzene ring substituents is 1. The van der Waals surface area contributed by atoms with Gasteiger partial charge in [-0.1, -0.05) is 12.1 Å². The molecule has 0 saturated carbocycles. The SMILES string of the molecule is Nc1c(F)ccc(-c2cccc([N+](=O)[O-])c2)c1F. The van der Waals surface area contributed by atoms with Gasteiger partial charge >= 0.3 is 0 Å². The molecule has 0 aliphatic rings. The molecule has 0 amide bonds. The summed E-state index contributed by atoms with van der Waals surface area (Å²) in [5, 5.41) is 10.6. The maximum Gasteiger partial charge on any atom is 0.270 e. The zero-order valence-electron chi connectivity index (χ0n) is 9.06. The molecule has 2 N–H and O–H groups in total. The summed E-state index contributed by atoms with van der Waals surface area (Å²) in [4.78, 5) is 10.0. The molecular weight excluding hydrogens is 242 g/mol. The van der Waals surface area contributed by atoms with Gasteiger partial charge < -0.3 is 5.73 Å². The van der Waals surface area contributed by atoms with Crippen molar-refractivity contribution in [2.24, 2.45) is 0 Å². The fourth-order valence-corrected chi connectivity index (χ4v) is 1.58. The molecule has 4 nitrogen and oxygen atoms in total. The van der Waals surface area contributed by atoms with Crippen LogP contribution < -0.4 is 5.73 Å². The number of hydrogen-bond donors (Lipinski definition) is 1. The van der Waals surface area contributed by atoms with Gasteiger partial charge in [-0.2, -0.15) is 0 Å². The molecule has 0 radical (unpaired) electrons. The Kier molecular flexibility index (Phi) is 2.93. The first-order valence-corrected chi connectivity index (χ1v) is 4.99. The first kappa shape index (κ1) is 12.0. The summed E-state index contributed by atoms with van der Waals surface area (Å²) in [5.41, 5.74) is 4.76. The Morgan fingerprint density at radius 2 is 1.89 bits per heavy atom. The average Bonchev–Trinajstić information content (AvgIpc) is 2.36. The lowest BCUT2D eigenvalue weighted by Crippen LogP contribution is -1.98. The summed E-state index contributed by atoms with van der Waals surface area (Å²) < 4.78 is 26.8. The molecule has 0 saturated heterocycles. The van der Waals surface area contributed by atoms with E-state index >= 15 is 0 Å². The van der Waals surface area contributed by atoms with Crippen molar-refractivity contribution < 1.29 is 13.7 Å². The summed E-state index contributed by atoms with van der Waals surface area (Å²) in [6.45, 7) is 0. The van der Waals surface area contributed by atoms with Crippen LogP contribution in [-0.2, 0) is 0 Å². The highest BCUT2D eigenvalue weighted by molar-refractivity contribution is 5.70. The number of nitro benzene ring substituents is 1. The van der Waals surface area contributed by atoms with Crippen molar-refractivity contribution in [2.75, 3.05) is 5.73 Å². The molecule has 2 aromatic carbocycles. The van der Waals surface area contributed by atoms with Gasteiger partial charge in [-0.3, -0.25) is 10.1 Å². The minimum Gasteiger partial charge on any atom is -0.394 e. The Bertz CT molecular complexity index is 629. The van der Waals surface area contributed by atoms with Gasteiger partial charge in [0.2, 0.25) is 0 Å². The largest absolute Gasteiger partial charge is 0.394 e. The molecule has 0 aliphatic heterocycles. The van der Waals surface area contributed by atoms with Crippen molar-refractivity contribution in [3.8, 4) is 11.1 Å². The third-order valence-corrected chi connectivity index (χ3v) is 2.49. The van der Waals surface area contributed by atoms with Crippen LogP contribution in [-0.4, -0.2) is 4.92 Å². The highest BCUT2D eigenvalue weighted by atomic mass is 19.1. The molecule has 0 fully saturated rings. The predicted octanol–water partition coefficient (Wildman–Crippen LogP) is 3.12. The molecule has 0 unspecified atom stereocenters. The van der Waals surface area contributed by atoms with Crippen molar-refractivity contribution in [2.45, 2.75) is 0 Å². The van der Waals surface area contributed by atoms with Gasteiger partial charge in [-0.25, -0.2) is 8.78 Å². The highest BCUT2D eigenvalue weighted by Crippen LogP contribution is 2.29. The van der Waals surface area contributed by atoms with E-state index in [0.29, 0.717) is 0 Å². The first-order chi connectivity index (χ1) is 8.50. The van der Waals surface area contributed by atoms with Crippen LogP contribution in [0.25, 0.3) is 11.1 Å². The van der Waals surface area contributed by atoms with E-state index < -0.39 is 22.2 Å². The van der Waals surface area contributed by atoms with Crippen LogP contribution in [0.15, 0.2) is 36.4 Å². The molecule has 0 heterocycles. The molecule has 0 aliphatic carbocycles. The van der Waals surface area contributed by atoms with Gasteiger partial charge in [0.25, 0.3) is 5.69 Å². The maximum absolute atomic E-state index is 13.7. The van der Waals surface area contributed by atoms with Crippen molar-refractivity contribution >= 4 is 11.4 Å². The number of benzene rings is 2. The quantitative estimate of drug-likeness (QED) is 0.505. The van der Waals surface area contributed by atoms with Crippen molar-refractivity contribution in [1.82, 2.24) is 0 Å². The summed E-state index contributed by atoms with van der Waals surface area (Å²) in [6, 6.07) is 7.62. The van der Waals surface area contributed by atoms with Gasteiger partial charge in [-0.15, -0.1) is 0 Å². The van der Waals surface area contributed by atoms with Gasteiger partial charge in [0.15, 0.2) is 5.82 Å². The van der Waals surface area contributed by atoms with E-state index in [1.54, 1.807) is 0 Å². The second-order valence-corrected chi connectivity index (χ2v) is 3.63. The van der Waals surface area contributed by atoms with Crippen LogP contribution >= 0.6 is 0 Å². The number of anilines is 1. The fraction of sp³-hybridized carbons (Fsp3) is 0. The van der Waals surface area contributed by atoms with Gasteiger partial charge in [0.1, 0.15) is 11.5 Å². The molecule has 2 aromatic rings. The lowest BCUT2D eigenvalue weighted by molar-refractivity contribution is -0.384. The molecule has 0 atom stereocenters. The zero-order chi connectivity index (χ0) is 13.3. The van der Waals surface area contributed by atoms with Crippen molar-refractivity contribution in [1.29, 1.82) is 0 Å². The van der Waals surface area contributed by atoms with E-state index in [-0.39, 0.29) is 16.8 Å². The summed E-state index contributed by atoms with van der Waals surface area (Å²) >= 11 is 0. The first-order valence-electron chi connectivity index (χ1n) is 4.99. The predicted molar refractivity (Wildman–Crippen MR) is 62.9 cm³/mol. The molecule has 6 heteroatoms. The van der Waals surface area contributed by atoms with Crippen molar-refractivity contribution in [3.63, 3.8) is 0 Å². The monoisotopic (exact) mass is 250 g/mol. The van der Waals surface area contributed by atoms with Crippen LogP contribution in [0.1, 0.15) is 0 Å². The summed E-state index contributed by atoms with van der Waals surface area (Å²) in [5.74, 6) is -1.78. The second-order valence-electron chi connectivity index (χ2n) is 3.63. The molecule has 0 spiro atoms. The van der Waals surface area contributed by atoms with E-state index in [1.165, 1.54) is 30.3 Å². The maximum atomic E-state index is 13.7. The minimum absolute atomic E-state index is 0.0256. The van der Waals surface area contributed by atoms with Gasteiger partial charge in [0, 0.05) is 17.7 Å². The third-order valence-electron chi connectivity index (χ3n) is 2.49. The van der Waals surface area contributed by atoms with Crippen LogP contribution in [0.4, 0.5) is 20.2 Å². The Labute approximate surface area is 101 Å². The topological polar surface area (TPSA) is 69.2 Å². The summed E-state index contributed by atoms with van der Waals surface area (Å²) in [7, 11) is 0. The Hall–Kier alpha value is -2.50. The van der Waals surface area contributed by atoms with E-state index in [1.807, 2.05) is 0 Å². The van der Waals surface area contributed by atoms with E-state index in [2.05, 4.69) is 0 Å². The zero-order valence-corrected chi connectivity index (χ0v) is 9.06. The molecular formula is C12H8F2N2O2. The number of nitro groups is 1. The number of rotatable bonds is 2. The van der Waals surface area contributed by atoms with Gasteiger partial charge in [0.05, 0.1) is 4.92 Å². The number of halogens is 2. The Morgan fingerprint density at radius 1 is 1.17 bits per heavy atom. The van der Waals surface area contributed by atoms with Crippen molar-refractivity contribution in [3.05, 3.63) is 58.1 Å². The molecule has 0 aromatic heterocycles. The Balaban J connectivity index is 2.59. The van der Waals surface area contributed by atoms with Crippen LogP contribution in [0.5, 0.6) is 0 Å². The lowest BCUT2D eigenvalue weighted by atomic mass is 10.0. The van der Waals surface area contributed by atoms with E-state index in [0.717, 1.165) is 6.07 Å². The molecule has 0 bridgehead atoms. The van der Waals surface area contributed by atoms with Crippen LogP contribution in [0.3, 0.4) is 0 Å². The second kappa shape index (κ2) is 4.40. The van der Waals surface area contributed by atoms with E-state index in [4.69, 9.17) is 5.73 Å². The number of nitrogens with zero attached hydrogens (tertiary/aromatic N) is 1. The fourth-order valence-electron chi connectivity index (χ4n) is 1.58. The molecule has 18 heavy (non-hydrogen) atoms. The molecule has 2 rings (SSSR count). The number of nitrogen functional groups attached to an aromatic ring is 1. The van der Waals surface area contributed by atoms with Gasteiger partial charge in [-0.05, 0) is 17.7 Å². The normalized spacial score (nSPS) is 10.3. The van der Waals surface area contributed by atoms with E-state index in [9.17, 15) is 18.9 Å². The summed E-state index contributed by atoms with van der Waals surface area (Å²) in [6.07, 6.45) is 0. The van der Waals surface area contributed by atoms with Crippen LogP contribution in [0.2, 0.25) is 0 Å². The number of nitrogens with two attached hydrogens (primary N) is 1. The highest BCUT2D eigenvalue weighted by Gasteiger charge is 2.14. The molecule has 92 valence electrons. The van der Waals surface area contributed by atoms with Crippen LogP contribution in [0, 0.1) is 21.7 Å². The standard InChI is InChI=1S/C12H8F2N2O2/c13-10-5-4-9(11(14)12(10)15)7-2-1-3-8(6-7)16(17)18/h1-6H,15H2. The number of hydrogen-bond acceptors (Lipinski definition) is 3. The smallest absolute Gasteiger partial charge is 0.270 e.